The average molecular weight is 257 g/mol. The van der Waals surface area contributed by atoms with Crippen molar-refractivity contribution in [3.05, 3.63) is 48.6 Å². The average Bonchev–Trinajstić information content (AvgIpc) is 3.07. The summed E-state index contributed by atoms with van der Waals surface area (Å²) in [6.07, 6.45) is 1.54. The van der Waals surface area contributed by atoms with Gasteiger partial charge in [-0.3, -0.25) is 0 Å². The van der Waals surface area contributed by atoms with Crippen molar-refractivity contribution in [3.63, 3.8) is 0 Å². The lowest BCUT2D eigenvalue weighted by molar-refractivity contribution is 0.264. The second kappa shape index (κ2) is 4.85. The zero-order chi connectivity index (χ0) is 13.1. The molecule has 1 aromatic carbocycles. The smallest absolute Gasteiger partial charge is 0.283 e. The van der Waals surface area contributed by atoms with Crippen LogP contribution in [0.25, 0.3) is 11.7 Å². The molecule has 2 aromatic heterocycles. The summed E-state index contributed by atoms with van der Waals surface area (Å²) in [6.45, 7) is 0.178. The van der Waals surface area contributed by atoms with Crippen LogP contribution in [0.1, 0.15) is 5.89 Å². The summed E-state index contributed by atoms with van der Waals surface area (Å²) in [5.41, 5.74) is 6.29. The zero-order valence-electron chi connectivity index (χ0n) is 9.95. The van der Waals surface area contributed by atoms with Crippen molar-refractivity contribution in [2.75, 3.05) is 5.73 Å². The maximum Gasteiger partial charge on any atom is 0.283 e. The number of nitrogen functional groups attached to an aromatic ring is 1. The molecule has 3 aromatic rings. The second-order valence-corrected chi connectivity index (χ2v) is 3.84. The summed E-state index contributed by atoms with van der Waals surface area (Å²) in [4.78, 5) is 0. The van der Waals surface area contributed by atoms with Crippen molar-refractivity contribution in [2.24, 2.45) is 0 Å². The van der Waals surface area contributed by atoms with Gasteiger partial charge in [-0.05, 0) is 24.3 Å². The maximum absolute atomic E-state index is 5.65. The number of nitrogens with two attached hydrogens (primary N) is 1. The molecule has 6 nitrogen and oxygen atoms in total. The van der Waals surface area contributed by atoms with Gasteiger partial charge in [0.15, 0.2) is 12.4 Å². The molecule has 0 unspecified atom stereocenters. The highest BCUT2D eigenvalue weighted by atomic mass is 16.5. The van der Waals surface area contributed by atoms with Crippen LogP contribution in [0.15, 0.2) is 51.5 Å². The quantitative estimate of drug-likeness (QED) is 0.722. The fourth-order valence-electron chi connectivity index (χ4n) is 1.56. The minimum Gasteiger partial charge on any atom is -0.484 e. The SMILES string of the molecule is Nc1cccc(OCc2nnc(-c3ccco3)o2)c1. The molecule has 0 saturated heterocycles. The molecule has 0 aliphatic rings. The summed E-state index contributed by atoms with van der Waals surface area (Å²) in [6, 6.07) is 10.6. The van der Waals surface area contributed by atoms with Gasteiger partial charge in [0.25, 0.3) is 11.8 Å². The molecule has 0 atom stereocenters. The number of furan rings is 1. The van der Waals surface area contributed by atoms with Crippen LogP contribution < -0.4 is 10.5 Å². The van der Waals surface area contributed by atoms with Crippen LogP contribution in [0.5, 0.6) is 5.75 Å². The lowest BCUT2D eigenvalue weighted by Gasteiger charge is -2.03. The van der Waals surface area contributed by atoms with E-state index in [0.717, 1.165) is 0 Å². The van der Waals surface area contributed by atoms with E-state index in [1.807, 2.05) is 6.07 Å². The van der Waals surface area contributed by atoms with E-state index in [4.69, 9.17) is 19.3 Å². The number of ether oxygens (including phenoxy) is 1. The highest BCUT2D eigenvalue weighted by Crippen LogP contribution is 2.19. The van der Waals surface area contributed by atoms with Gasteiger partial charge in [-0.1, -0.05) is 6.07 Å². The summed E-state index contributed by atoms with van der Waals surface area (Å²) in [5.74, 6) is 1.88. The fourth-order valence-corrected chi connectivity index (χ4v) is 1.56. The van der Waals surface area contributed by atoms with Crippen LogP contribution in [0, 0.1) is 0 Å². The molecule has 0 radical (unpaired) electrons. The van der Waals surface area contributed by atoms with Crippen molar-refractivity contribution < 1.29 is 13.6 Å². The molecule has 19 heavy (non-hydrogen) atoms. The van der Waals surface area contributed by atoms with Gasteiger partial charge in [-0.25, -0.2) is 0 Å². The number of anilines is 1. The Bertz CT molecular complexity index is 661. The predicted molar refractivity (Wildman–Crippen MR) is 67.2 cm³/mol. The van der Waals surface area contributed by atoms with Crippen LogP contribution in [-0.4, -0.2) is 10.2 Å². The minimum absolute atomic E-state index is 0.178. The van der Waals surface area contributed by atoms with Gasteiger partial charge in [0.2, 0.25) is 0 Å². The Hall–Kier alpha value is -2.76. The van der Waals surface area contributed by atoms with E-state index >= 15 is 0 Å². The van der Waals surface area contributed by atoms with Gasteiger partial charge >= 0.3 is 0 Å². The minimum atomic E-state index is 0.178. The highest BCUT2D eigenvalue weighted by Gasteiger charge is 2.11. The molecule has 3 rings (SSSR count). The van der Waals surface area contributed by atoms with Crippen molar-refractivity contribution in [3.8, 4) is 17.4 Å². The van der Waals surface area contributed by atoms with Crippen LogP contribution in [0.2, 0.25) is 0 Å². The summed E-state index contributed by atoms with van der Waals surface area (Å²) in [7, 11) is 0. The molecule has 0 saturated carbocycles. The third kappa shape index (κ3) is 2.57. The van der Waals surface area contributed by atoms with E-state index in [1.54, 1.807) is 36.6 Å². The van der Waals surface area contributed by atoms with Gasteiger partial charge in [0, 0.05) is 11.8 Å². The first kappa shape index (κ1) is 11.3. The predicted octanol–water partition coefficient (Wildman–Crippen LogP) is 2.49. The van der Waals surface area contributed by atoms with Gasteiger partial charge in [0.05, 0.1) is 6.26 Å². The molecule has 6 heteroatoms. The van der Waals surface area contributed by atoms with E-state index in [0.29, 0.717) is 29.0 Å². The molecular formula is C13H11N3O3. The van der Waals surface area contributed by atoms with Crippen LogP contribution in [0.4, 0.5) is 5.69 Å². The molecule has 0 aliphatic heterocycles. The van der Waals surface area contributed by atoms with Crippen molar-refractivity contribution in [1.82, 2.24) is 10.2 Å². The van der Waals surface area contributed by atoms with E-state index in [-0.39, 0.29) is 6.61 Å². The zero-order valence-corrected chi connectivity index (χ0v) is 9.95. The number of rotatable bonds is 4. The van der Waals surface area contributed by atoms with E-state index in [9.17, 15) is 0 Å². The third-order valence-corrected chi connectivity index (χ3v) is 2.42. The first-order valence-corrected chi connectivity index (χ1v) is 5.66. The molecule has 0 bridgehead atoms. The first-order valence-electron chi connectivity index (χ1n) is 5.66. The largest absolute Gasteiger partial charge is 0.484 e. The first-order chi connectivity index (χ1) is 9.31. The topological polar surface area (TPSA) is 87.3 Å². The molecular weight excluding hydrogens is 246 g/mol. The molecule has 0 spiro atoms. The number of hydrogen-bond donors (Lipinski definition) is 1. The van der Waals surface area contributed by atoms with Gasteiger partial charge in [0.1, 0.15) is 5.75 Å². The van der Waals surface area contributed by atoms with Crippen molar-refractivity contribution >= 4 is 5.69 Å². The number of aromatic nitrogens is 2. The molecule has 0 fully saturated rings. The van der Waals surface area contributed by atoms with Gasteiger partial charge in [-0.2, -0.15) is 0 Å². The highest BCUT2D eigenvalue weighted by molar-refractivity contribution is 5.44. The summed E-state index contributed by atoms with van der Waals surface area (Å²) >= 11 is 0. The molecule has 2 heterocycles. The van der Waals surface area contributed by atoms with Crippen molar-refractivity contribution in [2.45, 2.75) is 6.61 Å². The van der Waals surface area contributed by atoms with Crippen LogP contribution in [-0.2, 0) is 6.61 Å². The fraction of sp³-hybridized carbons (Fsp3) is 0.0769. The lowest BCUT2D eigenvalue weighted by Crippen LogP contribution is -1.96. The molecule has 2 N–H and O–H groups in total. The van der Waals surface area contributed by atoms with Gasteiger partial charge in [-0.15, -0.1) is 10.2 Å². The Balaban J connectivity index is 1.68. The Labute approximate surface area is 108 Å². The Morgan fingerprint density at radius 2 is 2.11 bits per heavy atom. The monoisotopic (exact) mass is 257 g/mol. The van der Waals surface area contributed by atoms with Gasteiger partial charge < -0.3 is 19.3 Å². The van der Waals surface area contributed by atoms with Crippen LogP contribution >= 0.6 is 0 Å². The van der Waals surface area contributed by atoms with Crippen molar-refractivity contribution in [1.29, 1.82) is 0 Å². The number of nitrogens with zero attached hydrogens (tertiary/aromatic N) is 2. The normalized spacial score (nSPS) is 10.5. The van der Waals surface area contributed by atoms with Crippen LogP contribution in [0.3, 0.4) is 0 Å². The van der Waals surface area contributed by atoms with E-state index in [1.165, 1.54) is 0 Å². The summed E-state index contributed by atoms with van der Waals surface area (Å²) < 4.78 is 16.1. The molecule has 0 aliphatic carbocycles. The second-order valence-electron chi connectivity index (χ2n) is 3.84. The Morgan fingerprint density at radius 3 is 2.89 bits per heavy atom. The lowest BCUT2D eigenvalue weighted by atomic mass is 10.3. The number of benzene rings is 1. The van der Waals surface area contributed by atoms with E-state index in [2.05, 4.69) is 10.2 Å². The standard InChI is InChI=1S/C13H11N3O3/c14-9-3-1-4-10(7-9)18-8-12-15-16-13(19-12)11-5-2-6-17-11/h1-7H,8,14H2. The molecule has 0 amide bonds. The number of hydrogen-bond acceptors (Lipinski definition) is 6. The van der Waals surface area contributed by atoms with E-state index < -0.39 is 0 Å². The summed E-state index contributed by atoms with van der Waals surface area (Å²) in [5, 5.41) is 7.75. The molecule has 96 valence electrons. The Morgan fingerprint density at radius 1 is 1.16 bits per heavy atom. The Kier molecular flexibility index (Phi) is 2.89. The third-order valence-electron chi connectivity index (χ3n) is 2.42. The maximum atomic E-state index is 5.65.